The van der Waals surface area contributed by atoms with E-state index in [1.54, 1.807) is 6.92 Å². The average Bonchev–Trinajstić information content (AvgIpc) is 3.53. The van der Waals surface area contributed by atoms with Crippen LogP contribution < -0.4 is 20.1 Å². The summed E-state index contributed by atoms with van der Waals surface area (Å²) in [7, 11) is 1.38. The van der Waals surface area contributed by atoms with Crippen LogP contribution in [0.3, 0.4) is 0 Å². The molecule has 3 fully saturated rings. The molecular weight excluding hydrogens is 515 g/mol. The number of carboxylic acid groups (broad SMARTS) is 1. The Labute approximate surface area is 236 Å². The first-order chi connectivity index (χ1) is 19.0. The van der Waals surface area contributed by atoms with Crippen LogP contribution in [0.15, 0.2) is 12.1 Å². The predicted octanol–water partition coefficient (Wildman–Crippen LogP) is 5.33. The molecule has 0 spiro atoms. The summed E-state index contributed by atoms with van der Waals surface area (Å²) in [6.07, 6.45) is 6.31. The largest absolute Gasteiger partial charge is 0.496 e. The molecule has 9 heteroatoms. The second-order valence-corrected chi connectivity index (χ2v) is 12.4. The topological polar surface area (TPSA) is 114 Å². The first-order valence-electron chi connectivity index (χ1n) is 14.9. The zero-order chi connectivity index (χ0) is 29.2. The van der Waals surface area contributed by atoms with Gasteiger partial charge in [-0.2, -0.15) is 0 Å². The van der Waals surface area contributed by atoms with Crippen LogP contribution in [-0.2, 0) is 9.59 Å². The maximum Gasteiger partial charge on any atom is 0.309 e. The van der Waals surface area contributed by atoms with Crippen molar-refractivity contribution in [2.45, 2.75) is 104 Å². The van der Waals surface area contributed by atoms with E-state index in [4.69, 9.17) is 9.47 Å². The Morgan fingerprint density at radius 3 is 2.33 bits per heavy atom. The molecule has 1 unspecified atom stereocenters. The number of hydrogen-bond donors (Lipinski definition) is 3. The minimum atomic E-state index is -0.835. The van der Waals surface area contributed by atoms with E-state index < -0.39 is 23.1 Å². The fourth-order valence-electron chi connectivity index (χ4n) is 7.25. The van der Waals surface area contributed by atoms with E-state index in [1.165, 1.54) is 13.2 Å². The highest BCUT2D eigenvalue weighted by atomic mass is 19.1. The molecule has 40 heavy (non-hydrogen) atoms. The van der Waals surface area contributed by atoms with Crippen molar-refractivity contribution in [2.24, 2.45) is 29.1 Å². The summed E-state index contributed by atoms with van der Waals surface area (Å²) >= 11 is 0. The van der Waals surface area contributed by atoms with Crippen molar-refractivity contribution >= 4 is 17.8 Å². The Morgan fingerprint density at radius 2 is 1.73 bits per heavy atom. The van der Waals surface area contributed by atoms with Gasteiger partial charge < -0.3 is 25.2 Å². The molecule has 3 aliphatic carbocycles. The molecule has 3 aliphatic rings. The summed E-state index contributed by atoms with van der Waals surface area (Å²) in [4.78, 5) is 38.6. The Bertz CT molecular complexity index is 1100. The summed E-state index contributed by atoms with van der Waals surface area (Å²) in [6.45, 7) is 8.03. The fraction of sp³-hybridized carbons (Fsp3) is 0.710. The van der Waals surface area contributed by atoms with Gasteiger partial charge in [0.1, 0.15) is 5.75 Å². The fourth-order valence-corrected chi connectivity index (χ4v) is 7.25. The van der Waals surface area contributed by atoms with E-state index in [1.807, 2.05) is 0 Å². The number of benzene rings is 1. The van der Waals surface area contributed by atoms with Crippen molar-refractivity contribution in [1.29, 1.82) is 0 Å². The number of hydrogen-bond acceptors (Lipinski definition) is 5. The molecule has 0 saturated heterocycles. The highest BCUT2D eigenvalue weighted by Gasteiger charge is 2.51. The van der Waals surface area contributed by atoms with Crippen molar-refractivity contribution in [2.75, 3.05) is 7.11 Å². The van der Waals surface area contributed by atoms with E-state index in [0.717, 1.165) is 38.2 Å². The maximum atomic E-state index is 15.0. The third-order valence-electron chi connectivity index (χ3n) is 9.99. The molecule has 2 bridgehead atoms. The molecule has 8 nitrogen and oxygen atoms in total. The quantitative estimate of drug-likeness (QED) is 0.337. The number of amides is 2. The van der Waals surface area contributed by atoms with Crippen molar-refractivity contribution in [1.82, 2.24) is 10.6 Å². The Balaban J connectivity index is 1.48. The molecule has 0 aromatic heterocycles. The summed E-state index contributed by atoms with van der Waals surface area (Å²) in [5, 5.41) is 15.8. The first kappa shape index (κ1) is 30.1. The van der Waals surface area contributed by atoms with E-state index in [0.29, 0.717) is 31.6 Å². The van der Waals surface area contributed by atoms with Gasteiger partial charge in [-0.3, -0.25) is 14.4 Å². The number of halogens is 1. The average molecular weight is 561 g/mol. The van der Waals surface area contributed by atoms with E-state index >= 15 is 0 Å². The van der Waals surface area contributed by atoms with E-state index in [-0.39, 0.29) is 58.9 Å². The lowest BCUT2D eigenvalue weighted by atomic mass is 9.75. The van der Waals surface area contributed by atoms with Crippen molar-refractivity contribution in [3.05, 3.63) is 23.5 Å². The number of rotatable bonds is 11. The Hall–Kier alpha value is -2.84. The van der Waals surface area contributed by atoms with Crippen LogP contribution in [0.5, 0.6) is 11.5 Å². The zero-order valence-corrected chi connectivity index (χ0v) is 24.4. The first-order valence-corrected chi connectivity index (χ1v) is 14.9. The number of nitrogens with one attached hydrogen (secondary N) is 2. The van der Waals surface area contributed by atoms with Gasteiger partial charge in [-0.1, -0.05) is 26.7 Å². The lowest BCUT2D eigenvalue weighted by Gasteiger charge is -2.34. The smallest absolute Gasteiger partial charge is 0.309 e. The van der Waals surface area contributed by atoms with Gasteiger partial charge in [0, 0.05) is 18.2 Å². The number of carboxylic acids is 1. The van der Waals surface area contributed by atoms with Crippen LogP contribution in [-0.4, -0.2) is 48.2 Å². The number of carbonyl (C=O) groups excluding carboxylic acids is 2. The molecule has 5 atom stereocenters. The predicted molar refractivity (Wildman–Crippen MR) is 149 cm³/mol. The van der Waals surface area contributed by atoms with Crippen molar-refractivity contribution in [3.8, 4) is 11.5 Å². The van der Waals surface area contributed by atoms with Crippen LogP contribution in [0.2, 0.25) is 0 Å². The third kappa shape index (κ3) is 6.08. The Morgan fingerprint density at radius 1 is 1.07 bits per heavy atom. The molecule has 0 heterocycles. The second kappa shape index (κ2) is 12.4. The van der Waals surface area contributed by atoms with Gasteiger partial charge in [-0.25, -0.2) is 4.39 Å². The number of ether oxygens (including phenoxy) is 2. The van der Waals surface area contributed by atoms with Crippen molar-refractivity contribution in [3.63, 3.8) is 0 Å². The highest BCUT2D eigenvalue weighted by molar-refractivity contribution is 5.98. The summed E-state index contributed by atoms with van der Waals surface area (Å²) in [6, 6.07) is 2.28. The van der Waals surface area contributed by atoms with E-state index in [2.05, 4.69) is 31.4 Å². The molecule has 3 N–H and O–H groups in total. The molecule has 1 aromatic carbocycles. The maximum absolute atomic E-state index is 15.0. The van der Waals surface area contributed by atoms with Crippen LogP contribution in [0, 0.1) is 34.9 Å². The van der Waals surface area contributed by atoms with Crippen molar-refractivity contribution < 1.29 is 33.4 Å². The van der Waals surface area contributed by atoms with Crippen LogP contribution >= 0.6 is 0 Å². The molecule has 0 aliphatic heterocycles. The molecule has 1 aromatic rings. The Kier molecular flexibility index (Phi) is 9.30. The molecule has 0 radical (unpaired) electrons. The lowest BCUT2D eigenvalue weighted by Crippen LogP contribution is -2.52. The normalized spacial score (nSPS) is 30.1. The molecule has 2 amide bonds. The number of carbonyl (C=O) groups is 3. The number of aliphatic carboxylic acids is 1. The van der Waals surface area contributed by atoms with Gasteiger partial charge in [-0.15, -0.1) is 0 Å². The molecule has 3 saturated carbocycles. The van der Waals surface area contributed by atoms with Crippen LogP contribution in [0.4, 0.5) is 4.39 Å². The lowest BCUT2D eigenvalue weighted by molar-refractivity contribution is -0.150. The van der Waals surface area contributed by atoms with Gasteiger partial charge >= 0.3 is 5.97 Å². The third-order valence-corrected chi connectivity index (χ3v) is 9.99. The van der Waals surface area contributed by atoms with Gasteiger partial charge in [0.25, 0.3) is 5.91 Å². The second-order valence-electron chi connectivity index (χ2n) is 12.4. The van der Waals surface area contributed by atoms with E-state index in [9.17, 15) is 23.9 Å². The summed E-state index contributed by atoms with van der Waals surface area (Å²) in [5.41, 5.74) is -0.657. The van der Waals surface area contributed by atoms with Gasteiger partial charge in [0.05, 0.1) is 30.1 Å². The number of fused-ring (bicyclic) bond motifs is 2. The minimum Gasteiger partial charge on any atom is -0.496 e. The van der Waals surface area contributed by atoms with Crippen LogP contribution in [0.25, 0.3) is 0 Å². The van der Waals surface area contributed by atoms with Crippen LogP contribution in [0.1, 0.15) is 95.8 Å². The highest BCUT2D eigenvalue weighted by Crippen LogP contribution is 2.49. The summed E-state index contributed by atoms with van der Waals surface area (Å²) in [5.74, 6) is -1.31. The standard InChI is InChI=1S/C31H45FN2O6/c1-6-18(7-2)17(3)33-29(36)26-19-8-9-20(14-19)27(26)34-28(35)22-15-25(23(32)16-24(22)39-5)40-21-10-12-31(4,13-11-21)30(37)38/h15-21,26-27H,6-14H2,1-5H3,(H,33,36)(H,34,35)(H,37,38)/t17?,19-,20+,21?,26+,27-,31?/m1/s1. The SMILES string of the molecule is CCC(CC)C(C)NC(=O)[C@H]1[C@@H]2CC[C@@H](C2)[C@H]1NC(=O)c1cc(OC2CCC(C)(C(=O)O)CC2)c(F)cc1OC. The van der Waals surface area contributed by atoms with Gasteiger partial charge in [0.2, 0.25) is 5.91 Å². The van der Waals surface area contributed by atoms with Gasteiger partial charge in [-0.05, 0) is 82.6 Å². The monoisotopic (exact) mass is 560 g/mol. The van der Waals surface area contributed by atoms with Gasteiger partial charge in [0.15, 0.2) is 11.6 Å². The number of methoxy groups -OCH3 is 1. The molecule has 4 rings (SSSR count). The molecule has 222 valence electrons. The zero-order valence-electron chi connectivity index (χ0n) is 24.4. The summed E-state index contributed by atoms with van der Waals surface area (Å²) < 4.78 is 26.3. The minimum absolute atomic E-state index is 0.00217. The molecular formula is C31H45FN2O6.